The normalized spacial score (nSPS) is 25.0. The van der Waals surface area contributed by atoms with Gasteiger partial charge in [-0.05, 0) is 0 Å². The zero-order chi connectivity index (χ0) is 24.3. The van der Waals surface area contributed by atoms with Gasteiger partial charge < -0.3 is 45.8 Å². The van der Waals surface area contributed by atoms with Gasteiger partial charge in [0.25, 0.3) is 5.56 Å². The van der Waals surface area contributed by atoms with Gasteiger partial charge in [-0.1, -0.05) is 0 Å². The summed E-state index contributed by atoms with van der Waals surface area (Å²) < 4.78 is 50.4. The molecule has 0 aliphatic carbocycles. The topological polar surface area (TPSA) is 302 Å². The molecular formula is C10H18N5O14P3. The van der Waals surface area contributed by atoms with E-state index in [1.165, 1.54) is 0 Å². The average molecular weight is 525 g/mol. The van der Waals surface area contributed by atoms with Crippen LogP contribution in [0.25, 0.3) is 0 Å². The van der Waals surface area contributed by atoms with E-state index in [0.717, 1.165) is 0 Å². The summed E-state index contributed by atoms with van der Waals surface area (Å²) in [7, 11) is -16.7. The van der Waals surface area contributed by atoms with Crippen LogP contribution in [0.2, 0.25) is 0 Å². The maximum atomic E-state index is 11.8. The van der Waals surface area contributed by atoms with E-state index in [4.69, 9.17) is 25.2 Å². The van der Waals surface area contributed by atoms with Crippen LogP contribution >= 0.6 is 23.5 Å². The molecule has 19 nitrogen and oxygen atoms in total. The summed E-state index contributed by atoms with van der Waals surface area (Å²) in [6.45, 7) is -0.895. The Bertz CT molecular complexity index is 1040. The molecule has 1 saturated heterocycles. The van der Waals surface area contributed by atoms with Gasteiger partial charge in [-0.3, -0.25) is 19.1 Å². The van der Waals surface area contributed by atoms with Crippen LogP contribution < -0.4 is 21.9 Å². The number of ether oxygens (including phenoxy) is 1. The number of aromatic nitrogens is 2. The second kappa shape index (κ2) is 10.0. The largest absolute Gasteiger partial charge is 0.490 e. The molecule has 1 aliphatic rings. The van der Waals surface area contributed by atoms with E-state index in [2.05, 4.69) is 33.7 Å². The summed E-state index contributed by atoms with van der Waals surface area (Å²) >= 11 is 0. The van der Waals surface area contributed by atoms with Gasteiger partial charge in [0, 0.05) is 6.42 Å². The highest BCUT2D eigenvalue weighted by molar-refractivity contribution is 7.66. The van der Waals surface area contributed by atoms with Crippen molar-refractivity contribution in [3.8, 4) is 0 Å². The van der Waals surface area contributed by atoms with E-state index in [-0.39, 0.29) is 30.3 Å². The van der Waals surface area contributed by atoms with Gasteiger partial charge in [0.15, 0.2) is 5.82 Å². The minimum atomic E-state index is -5.70. The van der Waals surface area contributed by atoms with Gasteiger partial charge in [0.1, 0.15) is 18.0 Å². The molecule has 32 heavy (non-hydrogen) atoms. The number of nitrogen functional groups attached to an aromatic ring is 1. The van der Waals surface area contributed by atoms with Crippen LogP contribution in [0.1, 0.15) is 6.42 Å². The average Bonchev–Trinajstić information content (AvgIpc) is 2.92. The minimum Gasteiger partial charge on any atom is -0.390 e. The van der Waals surface area contributed by atoms with E-state index in [1.54, 1.807) is 0 Å². The number of aliphatic hydroxyl groups is 1. The number of nitrogens with two attached hydrogens (primary N) is 1. The predicted octanol–water partition coefficient (Wildman–Crippen LogP) is -1.85. The molecular weight excluding hydrogens is 507 g/mol. The quantitative estimate of drug-likeness (QED) is 0.113. The second-order valence-corrected chi connectivity index (χ2v) is 10.4. The van der Waals surface area contributed by atoms with Crippen LogP contribution in [-0.4, -0.2) is 66.1 Å². The minimum absolute atomic E-state index is 0.181. The molecule has 1 aromatic heterocycles. The third-order valence-electron chi connectivity index (χ3n) is 3.48. The van der Waals surface area contributed by atoms with Gasteiger partial charge in [-0.25, -0.2) is 13.7 Å². The number of aliphatic hydroxyl groups excluding tert-OH is 1. The summed E-state index contributed by atoms with van der Waals surface area (Å²) in [6.07, 6.45) is -3.70. The molecule has 2 unspecified atom stereocenters. The summed E-state index contributed by atoms with van der Waals surface area (Å²) in [4.78, 5) is 63.9. The Labute approximate surface area is 177 Å². The number of nitrogens with one attached hydrogen (secondary N) is 3. The summed E-state index contributed by atoms with van der Waals surface area (Å²) in [5.41, 5.74) is 4.32. The molecule has 0 bridgehead atoms. The highest BCUT2D eigenvalue weighted by atomic mass is 31.3. The van der Waals surface area contributed by atoms with Gasteiger partial charge in [-0.2, -0.15) is 13.6 Å². The molecule has 1 aliphatic heterocycles. The van der Waals surface area contributed by atoms with Crippen molar-refractivity contribution < 1.29 is 61.1 Å². The molecule has 2 rings (SSSR count). The lowest BCUT2D eigenvalue weighted by molar-refractivity contribution is -0.105. The number of nitrogens with zero attached hydrogens (tertiary/aromatic N) is 1. The lowest BCUT2D eigenvalue weighted by Gasteiger charge is -2.19. The van der Waals surface area contributed by atoms with Crippen molar-refractivity contribution >= 4 is 47.3 Å². The maximum absolute atomic E-state index is 11.8. The SMILES string of the molecule is Nc1nc(N[C@H]2C[C@H](O)[C@@H](COP(=O)(O)OP(=O)(O)OP(=O)(O)O)O2)c(NC=O)c(=O)[nH]1. The van der Waals surface area contributed by atoms with Crippen molar-refractivity contribution in [1.29, 1.82) is 0 Å². The Morgan fingerprint density at radius 3 is 2.47 bits per heavy atom. The molecule has 182 valence electrons. The molecule has 10 N–H and O–H groups in total. The fraction of sp³-hybridized carbons (Fsp3) is 0.500. The number of rotatable bonds is 11. The summed E-state index contributed by atoms with van der Waals surface area (Å²) in [5.74, 6) is -0.527. The van der Waals surface area contributed by atoms with Gasteiger partial charge >= 0.3 is 23.5 Å². The van der Waals surface area contributed by atoms with Crippen LogP contribution in [0, 0.1) is 0 Å². The van der Waals surface area contributed by atoms with Crippen LogP contribution in [0.15, 0.2) is 4.79 Å². The third kappa shape index (κ3) is 8.00. The number of hydrogen-bond acceptors (Lipinski definition) is 13. The third-order valence-corrected chi connectivity index (χ3v) is 7.28. The van der Waals surface area contributed by atoms with Gasteiger partial charge in [0.2, 0.25) is 12.4 Å². The van der Waals surface area contributed by atoms with Crippen molar-refractivity contribution in [2.45, 2.75) is 24.9 Å². The molecule has 0 saturated carbocycles. The first kappa shape index (κ1) is 26.5. The van der Waals surface area contributed by atoms with E-state index < -0.39 is 54.1 Å². The molecule has 0 spiro atoms. The van der Waals surface area contributed by atoms with Crippen LogP contribution in [-0.2, 0) is 36.4 Å². The first-order valence-electron chi connectivity index (χ1n) is 8.09. The molecule has 0 aromatic carbocycles. The number of H-pyrrole nitrogens is 1. The molecule has 0 radical (unpaired) electrons. The number of anilines is 3. The fourth-order valence-electron chi connectivity index (χ4n) is 2.38. The fourth-order valence-corrected chi connectivity index (χ4v) is 5.41. The number of amides is 1. The number of phosphoric ester groups is 1. The van der Waals surface area contributed by atoms with E-state index >= 15 is 0 Å². The molecule has 1 fully saturated rings. The summed E-state index contributed by atoms with van der Waals surface area (Å²) in [5, 5.41) is 14.7. The lowest BCUT2D eigenvalue weighted by atomic mass is 10.2. The van der Waals surface area contributed by atoms with Crippen LogP contribution in [0.5, 0.6) is 0 Å². The standard InChI is InChI=1S/C10H18N5O14P3/c11-10-14-8(7(12-3-16)9(18)15-10)13-6-1-4(17)5(27-6)2-26-31(22,23)29-32(24,25)28-30(19,20)21/h3-6,17H,1-2H2,(H,12,16)(H,22,23)(H,24,25)(H2,19,20,21)(H4,11,13,14,15,18)/t4-,5+,6+/m0/s1. The van der Waals surface area contributed by atoms with E-state index in [1.807, 2.05) is 0 Å². The Morgan fingerprint density at radius 1 is 1.22 bits per heavy atom. The number of hydrogen-bond donors (Lipinski definition) is 9. The first-order chi connectivity index (χ1) is 14.6. The number of carbonyl (C=O) groups excluding carboxylic acids is 1. The lowest BCUT2D eigenvalue weighted by Crippen LogP contribution is -2.27. The van der Waals surface area contributed by atoms with Gasteiger partial charge in [0.05, 0.1) is 12.7 Å². The Balaban J connectivity index is 2.00. The van der Waals surface area contributed by atoms with E-state index in [9.17, 15) is 33.3 Å². The van der Waals surface area contributed by atoms with Crippen molar-refractivity contribution in [2.24, 2.45) is 0 Å². The Kier molecular flexibility index (Phi) is 8.33. The highest BCUT2D eigenvalue weighted by Gasteiger charge is 2.42. The van der Waals surface area contributed by atoms with E-state index in [0.29, 0.717) is 0 Å². The molecule has 1 aromatic rings. The number of carbonyl (C=O) groups is 1. The number of phosphoric acid groups is 3. The predicted molar refractivity (Wildman–Crippen MR) is 102 cm³/mol. The summed E-state index contributed by atoms with van der Waals surface area (Å²) in [6, 6.07) is 0. The van der Waals surface area contributed by atoms with Gasteiger partial charge in [-0.15, -0.1) is 0 Å². The first-order valence-corrected chi connectivity index (χ1v) is 12.6. The molecule has 22 heteroatoms. The molecule has 5 atom stereocenters. The van der Waals surface area contributed by atoms with Crippen molar-refractivity contribution in [3.63, 3.8) is 0 Å². The Morgan fingerprint density at radius 2 is 1.88 bits per heavy atom. The zero-order valence-corrected chi connectivity index (χ0v) is 18.2. The smallest absolute Gasteiger partial charge is 0.390 e. The Hall–Kier alpha value is -1.72. The monoisotopic (exact) mass is 525 g/mol. The number of aromatic amines is 1. The van der Waals surface area contributed by atoms with Crippen molar-refractivity contribution in [1.82, 2.24) is 9.97 Å². The second-order valence-electron chi connectivity index (χ2n) is 5.93. The van der Waals surface area contributed by atoms with Crippen molar-refractivity contribution in [3.05, 3.63) is 10.4 Å². The van der Waals surface area contributed by atoms with Crippen molar-refractivity contribution in [2.75, 3.05) is 23.0 Å². The molecule has 1 amide bonds. The molecule has 2 heterocycles. The zero-order valence-electron chi connectivity index (χ0n) is 15.5. The maximum Gasteiger partial charge on any atom is 0.490 e. The van der Waals surface area contributed by atoms with Crippen LogP contribution in [0.4, 0.5) is 17.5 Å². The van der Waals surface area contributed by atoms with Crippen LogP contribution in [0.3, 0.4) is 0 Å². The highest BCUT2D eigenvalue weighted by Crippen LogP contribution is 2.66.